The number of carbonyl (C=O) groups is 1. The Bertz CT molecular complexity index is 1090. The fourth-order valence-corrected chi connectivity index (χ4v) is 4.78. The van der Waals surface area contributed by atoms with E-state index in [0.29, 0.717) is 22.3 Å². The molecule has 28 heavy (non-hydrogen) atoms. The molecule has 0 bridgehead atoms. The lowest BCUT2D eigenvalue weighted by atomic mass is 10.2. The number of anilines is 2. The van der Waals surface area contributed by atoms with Crippen molar-refractivity contribution in [3.63, 3.8) is 0 Å². The second kappa shape index (κ2) is 7.37. The number of benzene rings is 2. The van der Waals surface area contributed by atoms with E-state index in [4.69, 9.17) is 0 Å². The van der Waals surface area contributed by atoms with Gasteiger partial charge in [-0.15, -0.1) is 11.3 Å². The molecule has 1 aromatic heterocycles. The summed E-state index contributed by atoms with van der Waals surface area (Å²) in [6.45, 7) is 0. The van der Waals surface area contributed by atoms with Gasteiger partial charge >= 0.3 is 0 Å². The summed E-state index contributed by atoms with van der Waals surface area (Å²) in [5.41, 5.74) is 1.98. The van der Waals surface area contributed by atoms with Crippen molar-refractivity contribution >= 4 is 38.1 Å². The fourth-order valence-electron chi connectivity index (χ4n) is 2.79. The molecule has 0 aliphatic heterocycles. The molecule has 1 heterocycles. The molecule has 0 atom stereocenters. The Hall–Kier alpha value is -2.71. The number of hydrogen-bond acceptors (Lipinski definition) is 5. The van der Waals surface area contributed by atoms with Gasteiger partial charge in [-0.1, -0.05) is 18.2 Å². The molecule has 1 amide bonds. The quantitative estimate of drug-likeness (QED) is 0.660. The second-order valence-corrected chi connectivity index (χ2v) is 9.47. The van der Waals surface area contributed by atoms with E-state index in [1.807, 2.05) is 11.4 Å². The maximum atomic E-state index is 12.8. The minimum Gasteiger partial charge on any atom is -0.298 e. The zero-order valence-corrected chi connectivity index (χ0v) is 16.8. The van der Waals surface area contributed by atoms with E-state index in [1.165, 1.54) is 47.0 Å². The molecule has 1 aliphatic carbocycles. The Balaban J connectivity index is 1.48. The molecule has 0 saturated heterocycles. The van der Waals surface area contributed by atoms with Gasteiger partial charge in [0, 0.05) is 23.9 Å². The number of nitrogens with zero attached hydrogens (tertiary/aromatic N) is 2. The molecular formula is C20H19N3O3S2. The van der Waals surface area contributed by atoms with E-state index in [1.54, 1.807) is 24.3 Å². The normalized spacial score (nSPS) is 13.9. The second-order valence-electron chi connectivity index (χ2n) is 6.64. The third-order valence-corrected chi connectivity index (χ3v) is 7.21. The zero-order chi connectivity index (χ0) is 19.7. The van der Waals surface area contributed by atoms with Gasteiger partial charge in [0.25, 0.3) is 15.9 Å². The molecule has 0 spiro atoms. The average molecular weight is 414 g/mol. The Kier molecular flexibility index (Phi) is 4.91. The molecule has 4 rings (SSSR count). The highest BCUT2D eigenvalue weighted by Crippen LogP contribution is 2.40. The Morgan fingerprint density at radius 2 is 1.79 bits per heavy atom. The number of nitrogens with one attached hydrogen (secondary N) is 1. The lowest BCUT2D eigenvalue weighted by Gasteiger charge is -2.19. The molecule has 0 radical (unpaired) electrons. The van der Waals surface area contributed by atoms with Gasteiger partial charge in [0.15, 0.2) is 5.13 Å². The topological polar surface area (TPSA) is 79.4 Å². The van der Waals surface area contributed by atoms with Gasteiger partial charge in [-0.3, -0.25) is 14.4 Å². The van der Waals surface area contributed by atoms with Gasteiger partial charge in [0.05, 0.1) is 16.3 Å². The van der Waals surface area contributed by atoms with Gasteiger partial charge in [-0.05, 0) is 49.2 Å². The number of aromatic nitrogens is 1. The number of rotatable bonds is 6. The first kappa shape index (κ1) is 18.6. The molecule has 8 heteroatoms. The maximum Gasteiger partial charge on any atom is 0.264 e. The molecule has 3 aromatic rings. The largest absolute Gasteiger partial charge is 0.298 e. The molecule has 1 fully saturated rings. The van der Waals surface area contributed by atoms with Crippen LogP contribution in [0.2, 0.25) is 0 Å². The summed E-state index contributed by atoms with van der Waals surface area (Å²) < 4.78 is 26.8. The van der Waals surface area contributed by atoms with Crippen molar-refractivity contribution in [3.8, 4) is 0 Å². The molecule has 144 valence electrons. The molecule has 1 saturated carbocycles. The average Bonchev–Trinajstić information content (AvgIpc) is 3.47. The van der Waals surface area contributed by atoms with Crippen molar-refractivity contribution in [2.24, 2.45) is 0 Å². The Labute approximate surface area is 167 Å². The van der Waals surface area contributed by atoms with E-state index in [9.17, 15) is 13.2 Å². The number of carbonyl (C=O) groups excluding carboxylic acids is 1. The summed E-state index contributed by atoms with van der Waals surface area (Å²) in [6, 6.07) is 14.7. The number of para-hydroxylation sites is 1. The lowest BCUT2D eigenvalue weighted by molar-refractivity contribution is 0.102. The highest BCUT2D eigenvalue weighted by atomic mass is 32.2. The standard InChI is InChI=1S/C20H19N3O3S2/c1-23(16-5-3-2-4-6-16)28(25,26)17-11-9-15(10-12-17)19(24)22-20-21-18(13-27-20)14-7-8-14/h2-6,9-14H,7-8H2,1H3,(H,21,22,24). The van der Waals surface area contributed by atoms with Crippen molar-refractivity contribution in [2.45, 2.75) is 23.7 Å². The van der Waals surface area contributed by atoms with Crippen LogP contribution in [0.3, 0.4) is 0 Å². The number of thiazole rings is 1. The monoisotopic (exact) mass is 413 g/mol. The first-order valence-electron chi connectivity index (χ1n) is 8.86. The van der Waals surface area contributed by atoms with Crippen LogP contribution >= 0.6 is 11.3 Å². The van der Waals surface area contributed by atoms with E-state index in [2.05, 4.69) is 10.3 Å². The minimum atomic E-state index is -3.70. The van der Waals surface area contributed by atoms with Crippen LogP contribution in [0.1, 0.15) is 34.8 Å². The first-order valence-corrected chi connectivity index (χ1v) is 11.2. The predicted molar refractivity (Wildman–Crippen MR) is 111 cm³/mol. The predicted octanol–water partition coefficient (Wildman–Crippen LogP) is 4.10. The number of sulfonamides is 1. The van der Waals surface area contributed by atoms with Gasteiger partial charge in [-0.25, -0.2) is 13.4 Å². The van der Waals surface area contributed by atoms with Crippen LogP contribution in [0.15, 0.2) is 64.9 Å². The Morgan fingerprint density at radius 3 is 2.43 bits per heavy atom. The van der Waals surface area contributed by atoms with E-state index in [0.717, 1.165) is 18.5 Å². The maximum absolute atomic E-state index is 12.8. The zero-order valence-electron chi connectivity index (χ0n) is 15.2. The van der Waals surface area contributed by atoms with Crippen LogP contribution in [0, 0.1) is 0 Å². The first-order chi connectivity index (χ1) is 13.4. The summed E-state index contributed by atoms with van der Waals surface area (Å²) in [6.07, 6.45) is 2.31. The third-order valence-electron chi connectivity index (χ3n) is 4.63. The van der Waals surface area contributed by atoms with Crippen LogP contribution in [0.5, 0.6) is 0 Å². The summed E-state index contributed by atoms with van der Waals surface area (Å²) in [4.78, 5) is 17.0. The van der Waals surface area contributed by atoms with E-state index >= 15 is 0 Å². The molecular weight excluding hydrogens is 394 g/mol. The minimum absolute atomic E-state index is 0.126. The smallest absolute Gasteiger partial charge is 0.264 e. The molecule has 6 nitrogen and oxygen atoms in total. The highest BCUT2D eigenvalue weighted by Gasteiger charge is 2.26. The van der Waals surface area contributed by atoms with Gasteiger partial charge < -0.3 is 0 Å². The van der Waals surface area contributed by atoms with Crippen molar-refractivity contribution in [1.29, 1.82) is 0 Å². The number of hydrogen-bond donors (Lipinski definition) is 1. The summed E-state index contributed by atoms with van der Waals surface area (Å²) >= 11 is 1.40. The van der Waals surface area contributed by atoms with Crippen LogP contribution < -0.4 is 9.62 Å². The third kappa shape index (κ3) is 3.79. The van der Waals surface area contributed by atoms with Crippen LogP contribution in [0.4, 0.5) is 10.8 Å². The van der Waals surface area contributed by atoms with Crippen LogP contribution in [-0.2, 0) is 10.0 Å². The molecule has 0 unspecified atom stereocenters. The molecule has 1 N–H and O–H groups in total. The summed E-state index contributed by atoms with van der Waals surface area (Å²) in [5, 5.41) is 5.31. The van der Waals surface area contributed by atoms with Crippen molar-refractivity contribution in [2.75, 3.05) is 16.7 Å². The van der Waals surface area contributed by atoms with Crippen molar-refractivity contribution in [1.82, 2.24) is 4.98 Å². The van der Waals surface area contributed by atoms with Gasteiger partial charge in [0.2, 0.25) is 0 Å². The highest BCUT2D eigenvalue weighted by molar-refractivity contribution is 7.92. The van der Waals surface area contributed by atoms with Crippen LogP contribution in [-0.4, -0.2) is 26.4 Å². The van der Waals surface area contributed by atoms with E-state index < -0.39 is 10.0 Å². The summed E-state index contributed by atoms with van der Waals surface area (Å²) in [7, 11) is -2.20. The van der Waals surface area contributed by atoms with E-state index in [-0.39, 0.29) is 10.8 Å². The van der Waals surface area contributed by atoms with Crippen molar-refractivity contribution < 1.29 is 13.2 Å². The van der Waals surface area contributed by atoms with Crippen LogP contribution in [0.25, 0.3) is 0 Å². The molecule has 1 aliphatic rings. The van der Waals surface area contributed by atoms with Gasteiger partial charge in [0.1, 0.15) is 0 Å². The number of amides is 1. The Morgan fingerprint density at radius 1 is 1.11 bits per heavy atom. The fraction of sp³-hybridized carbons (Fsp3) is 0.200. The SMILES string of the molecule is CN(c1ccccc1)S(=O)(=O)c1ccc(C(=O)Nc2nc(C3CC3)cs2)cc1. The summed E-state index contributed by atoms with van der Waals surface area (Å²) in [5.74, 6) is 0.227. The lowest BCUT2D eigenvalue weighted by Crippen LogP contribution is -2.26. The molecule has 2 aromatic carbocycles. The van der Waals surface area contributed by atoms with Gasteiger partial charge in [-0.2, -0.15) is 0 Å². The van der Waals surface area contributed by atoms with Crippen molar-refractivity contribution in [3.05, 3.63) is 71.2 Å².